The van der Waals surface area contributed by atoms with Crippen LogP contribution in [0.3, 0.4) is 0 Å². The number of rotatable bonds is 5. The molecule has 9 heteroatoms. The molecular weight excluding hydrogens is 315 g/mol. The highest BCUT2D eigenvalue weighted by Gasteiger charge is 2.15. The first kappa shape index (κ1) is 16.4. The van der Waals surface area contributed by atoms with Gasteiger partial charge in [0.2, 0.25) is 10.0 Å². The van der Waals surface area contributed by atoms with E-state index in [9.17, 15) is 17.0 Å². The molecule has 1 N–H and O–H groups in total. The molecule has 0 heterocycles. The second kappa shape index (κ2) is 6.17. The van der Waals surface area contributed by atoms with Crippen molar-refractivity contribution in [3.05, 3.63) is 29.0 Å². The zero-order valence-corrected chi connectivity index (χ0v) is 12.8. The van der Waals surface area contributed by atoms with Gasteiger partial charge in [0, 0.05) is 33.8 Å². The lowest BCUT2D eigenvalue weighted by molar-refractivity contribution is 0.578. The largest absolute Gasteiger partial charge is 0.250 e. The molecule has 0 atom stereocenters. The molecule has 1 rings (SSSR count). The lowest BCUT2D eigenvalue weighted by Gasteiger charge is -2.06. The van der Waals surface area contributed by atoms with Crippen molar-refractivity contribution in [2.24, 2.45) is 4.36 Å². The van der Waals surface area contributed by atoms with Gasteiger partial charge in [0.1, 0.15) is 5.82 Å². The molecule has 0 aliphatic carbocycles. The van der Waals surface area contributed by atoms with Crippen molar-refractivity contribution < 1.29 is 17.0 Å². The van der Waals surface area contributed by atoms with Crippen LogP contribution in [0.25, 0.3) is 0 Å². The van der Waals surface area contributed by atoms with E-state index in [0.717, 1.165) is 18.2 Å². The van der Waals surface area contributed by atoms with Gasteiger partial charge < -0.3 is 0 Å². The monoisotopic (exact) mass is 328 g/mol. The Labute approximate surface area is 117 Å². The second-order valence-electron chi connectivity index (χ2n) is 4.04. The van der Waals surface area contributed by atoms with E-state index in [4.69, 9.17) is 11.6 Å². The summed E-state index contributed by atoms with van der Waals surface area (Å²) in [7, 11) is -6.11. The highest BCUT2D eigenvalue weighted by Crippen LogP contribution is 2.17. The Morgan fingerprint density at radius 2 is 1.89 bits per heavy atom. The molecule has 19 heavy (non-hydrogen) atoms. The molecule has 0 saturated heterocycles. The summed E-state index contributed by atoms with van der Waals surface area (Å²) in [5, 5.41) is -0.00445. The highest BCUT2D eigenvalue weighted by molar-refractivity contribution is 7.92. The molecular formula is C10H14ClFN2O3S2. The van der Waals surface area contributed by atoms with Crippen molar-refractivity contribution in [2.75, 3.05) is 25.6 Å². The lowest BCUT2D eigenvalue weighted by Crippen LogP contribution is -2.26. The molecule has 108 valence electrons. The molecule has 0 bridgehead atoms. The minimum absolute atomic E-state index is 0.00445. The van der Waals surface area contributed by atoms with Crippen molar-refractivity contribution in [1.29, 1.82) is 0 Å². The van der Waals surface area contributed by atoms with E-state index in [1.54, 1.807) is 0 Å². The summed E-state index contributed by atoms with van der Waals surface area (Å²) in [4.78, 5) is -0.258. The second-order valence-corrected chi connectivity index (χ2v) is 8.86. The van der Waals surface area contributed by atoms with Gasteiger partial charge in [-0.3, -0.25) is 4.21 Å². The fraction of sp³-hybridized carbons (Fsp3) is 0.400. The van der Waals surface area contributed by atoms with Crippen LogP contribution in [0, 0.1) is 5.82 Å². The van der Waals surface area contributed by atoms with Gasteiger partial charge in [-0.1, -0.05) is 11.6 Å². The number of nitrogens with one attached hydrogen (secondary N) is 1. The van der Waals surface area contributed by atoms with Gasteiger partial charge in [0.15, 0.2) is 0 Å². The number of hydrogen-bond acceptors (Lipinski definition) is 4. The Morgan fingerprint density at radius 3 is 2.42 bits per heavy atom. The Morgan fingerprint density at radius 1 is 1.26 bits per heavy atom. The third-order valence-electron chi connectivity index (χ3n) is 1.95. The van der Waals surface area contributed by atoms with Crippen molar-refractivity contribution in [3.63, 3.8) is 0 Å². The third-order valence-corrected chi connectivity index (χ3v) is 4.42. The molecule has 0 aliphatic heterocycles. The first-order valence-corrected chi connectivity index (χ1v) is 9.38. The van der Waals surface area contributed by atoms with Crippen molar-refractivity contribution in [3.8, 4) is 0 Å². The van der Waals surface area contributed by atoms with Crippen LogP contribution in [0.5, 0.6) is 0 Å². The normalized spacial score (nSPS) is 12.4. The van der Waals surface area contributed by atoms with Gasteiger partial charge in [0.25, 0.3) is 0 Å². The van der Waals surface area contributed by atoms with Gasteiger partial charge in [-0.15, -0.1) is 0 Å². The van der Waals surface area contributed by atoms with Crippen LogP contribution in [-0.4, -0.2) is 38.2 Å². The van der Waals surface area contributed by atoms with E-state index in [0.29, 0.717) is 0 Å². The van der Waals surface area contributed by atoms with Crippen LogP contribution in [0.4, 0.5) is 4.39 Å². The van der Waals surface area contributed by atoms with E-state index in [1.165, 1.54) is 12.5 Å². The Bertz CT molecular complexity index is 654. The molecule has 0 unspecified atom stereocenters. The van der Waals surface area contributed by atoms with Crippen LogP contribution in [0.1, 0.15) is 0 Å². The molecule has 0 aliphatic rings. The zero-order chi connectivity index (χ0) is 14.7. The van der Waals surface area contributed by atoms with Gasteiger partial charge in [0.05, 0.1) is 11.4 Å². The predicted molar refractivity (Wildman–Crippen MR) is 73.9 cm³/mol. The van der Waals surface area contributed by atoms with Gasteiger partial charge in [-0.2, -0.15) is 0 Å². The third kappa shape index (κ3) is 5.85. The van der Waals surface area contributed by atoms with Crippen molar-refractivity contribution >= 4 is 31.4 Å². The summed E-state index contributed by atoms with van der Waals surface area (Å²) >= 11 is 5.59. The quantitative estimate of drug-likeness (QED) is 0.832. The van der Waals surface area contributed by atoms with Crippen molar-refractivity contribution in [2.45, 2.75) is 4.90 Å². The standard InChI is InChI=1S/C10H14ClFN2O3S2/c1-18(2,15)13-3-4-14-19(16,17)10-6-8(11)5-9(12)7-10/h5-7,14H,3-4H2,1-2H3. The maximum Gasteiger partial charge on any atom is 0.240 e. The first-order valence-electron chi connectivity index (χ1n) is 5.19. The van der Waals surface area contributed by atoms with Crippen LogP contribution >= 0.6 is 11.6 Å². The fourth-order valence-electron chi connectivity index (χ4n) is 1.21. The Hall–Kier alpha value is -0.700. The molecule has 0 radical (unpaired) electrons. The van der Waals surface area contributed by atoms with E-state index in [-0.39, 0.29) is 23.0 Å². The van der Waals surface area contributed by atoms with E-state index in [1.807, 2.05) is 0 Å². The van der Waals surface area contributed by atoms with Gasteiger partial charge in [-0.05, 0) is 18.2 Å². The molecule has 0 fully saturated rings. The summed E-state index contributed by atoms with van der Waals surface area (Å²) in [5.41, 5.74) is 0. The van der Waals surface area contributed by atoms with E-state index in [2.05, 4.69) is 9.08 Å². The summed E-state index contributed by atoms with van der Waals surface area (Å²) in [6.45, 7) is 0.0588. The minimum Gasteiger partial charge on any atom is -0.250 e. The maximum absolute atomic E-state index is 13.1. The van der Waals surface area contributed by atoms with Crippen LogP contribution in [0.15, 0.2) is 27.5 Å². The summed E-state index contributed by atoms with van der Waals surface area (Å²) in [6.07, 6.45) is 2.90. The van der Waals surface area contributed by atoms with E-state index >= 15 is 0 Å². The number of sulfonamides is 1. The topological polar surface area (TPSA) is 75.6 Å². The molecule has 1 aromatic carbocycles. The number of nitrogens with zero attached hydrogens (tertiary/aromatic N) is 1. The molecule has 1 aromatic rings. The molecule has 0 saturated carbocycles. The first-order chi connectivity index (χ1) is 8.60. The van der Waals surface area contributed by atoms with Crippen LogP contribution in [0.2, 0.25) is 5.02 Å². The minimum atomic E-state index is -3.85. The van der Waals surface area contributed by atoms with Crippen LogP contribution < -0.4 is 4.72 Å². The zero-order valence-electron chi connectivity index (χ0n) is 10.4. The molecule has 0 aromatic heterocycles. The van der Waals surface area contributed by atoms with Crippen molar-refractivity contribution in [1.82, 2.24) is 4.72 Å². The highest BCUT2D eigenvalue weighted by atomic mass is 35.5. The SMILES string of the molecule is CS(C)(=O)=NCCNS(=O)(=O)c1cc(F)cc(Cl)c1. The Balaban J connectivity index is 2.79. The number of hydrogen-bond donors (Lipinski definition) is 1. The number of benzene rings is 1. The lowest BCUT2D eigenvalue weighted by atomic mass is 10.3. The van der Waals surface area contributed by atoms with Gasteiger partial charge >= 0.3 is 0 Å². The van der Waals surface area contributed by atoms with Crippen LogP contribution in [-0.2, 0) is 19.8 Å². The summed E-state index contributed by atoms with van der Waals surface area (Å²) in [6, 6.07) is 3.03. The average Bonchev–Trinajstić information content (AvgIpc) is 2.22. The summed E-state index contributed by atoms with van der Waals surface area (Å²) in [5.74, 6) is -0.734. The molecule has 5 nitrogen and oxygen atoms in total. The van der Waals surface area contributed by atoms with Gasteiger partial charge in [-0.25, -0.2) is 21.9 Å². The molecule has 0 spiro atoms. The van der Waals surface area contributed by atoms with E-state index < -0.39 is 25.6 Å². The predicted octanol–water partition coefficient (Wildman–Crippen LogP) is 1.48. The average molecular weight is 329 g/mol. The maximum atomic E-state index is 13.1. The summed E-state index contributed by atoms with van der Waals surface area (Å²) < 4.78 is 54.0. The fourth-order valence-corrected chi connectivity index (χ4v) is 3.11. The Kier molecular flexibility index (Phi) is 5.31. The smallest absolute Gasteiger partial charge is 0.240 e. The number of halogens is 2. The molecule has 0 amide bonds.